The zero-order chi connectivity index (χ0) is 25.8. The molecule has 2 N–H and O–H groups in total. The number of likely N-dealkylation sites (N-methyl/N-ethyl adjacent to an activating group) is 1. The molecule has 2 aliphatic heterocycles. The van der Waals surface area contributed by atoms with Crippen LogP contribution >= 0.6 is 0 Å². The molecule has 198 valence electrons. The summed E-state index contributed by atoms with van der Waals surface area (Å²) in [5.74, 6) is -0.593. The van der Waals surface area contributed by atoms with Crippen LogP contribution in [0.4, 0.5) is 9.59 Å². The second-order valence-corrected chi connectivity index (χ2v) is 10.0. The second kappa shape index (κ2) is 11.2. The molecule has 6 atom stereocenters. The van der Waals surface area contributed by atoms with E-state index in [1.165, 1.54) is 12.7 Å². The van der Waals surface area contributed by atoms with Crippen LogP contribution in [-0.4, -0.2) is 100 Å². The fourth-order valence-electron chi connectivity index (χ4n) is 5.14. The lowest BCUT2D eigenvalue weighted by molar-refractivity contribution is -0.126. The average Bonchev–Trinajstić information content (AvgIpc) is 3.70. The Morgan fingerprint density at radius 3 is 2.51 bits per heavy atom. The van der Waals surface area contributed by atoms with Crippen LogP contribution in [0.2, 0.25) is 0 Å². The van der Waals surface area contributed by atoms with Crippen molar-refractivity contribution in [3.63, 3.8) is 0 Å². The number of hydrogen-bond donors (Lipinski definition) is 2. The van der Waals surface area contributed by atoms with Crippen LogP contribution in [0.3, 0.4) is 0 Å². The summed E-state index contributed by atoms with van der Waals surface area (Å²) in [6, 6.07) is 0. The van der Waals surface area contributed by atoms with Crippen molar-refractivity contribution in [1.29, 1.82) is 0 Å². The van der Waals surface area contributed by atoms with Gasteiger partial charge in [0.15, 0.2) is 0 Å². The van der Waals surface area contributed by atoms with Gasteiger partial charge in [-0.05, 0) is 47.1 Å². The van der Waals surface area contributed by atoms with Crippen LogP contribution < -0.4 is 10.6 Å². The van der Waals surface area contributed by atoms with Crippen molar-refractivity contribution >= 4 is 18.1 Å². The zero-order valence-electron chi connectivity index (χ0n) is 21.5. The Morgan fingerprint density at radius 1 is 1.20 bits per heavy atom. The molecular weight excluding hydrogens is 458 g/mol. The number of nitrogens with one attached hydrogen (secondary N) is 2. The van der Waals surface area contributed by atoms with Crippen LogP contribution in [0.15, 0.2) is 11.6 Å². The van der Waals surface area contributed by atoms with E-state index in [-0.39, 0.29) is 24.2 Å². The normalized spacial score (nSPS) is 33.1. The highest BCUT2D eigenvalue weighted by Gasteiger charge is 2.72. The fourth-order valence-corrected chi connectivity index (χ4v) is 5.14. The number of hydrogen-bond acceptors (Lipinski definition) is 9. The summed E-state index contributed by atoms with van der Waals surface area (Å²) in [6.07, 6.45) is 2.04. The van der Waals surface area contributed by atoms with Crippen molar-refractivity contribution in [2.45, 2.75) is 69.5 Å². The fraction of sp³-hybridized carbons (Fsp3) is 0.792. The van der Waals surface area contributed by atoms with E-state index in [4.69, 9.17) is 18.9 Å². The lowest BCUT2D eigenvalue weighted by Gasteiger charge is -2.42. The number of amides is 3. The zero-order valence-corrected chi connectivity index (χ0v) is 21.5. The molecule has 0 aromatic rings. The van der Waals surface area contributed by atoms with Gasteiger partial charge in [0.2, 0.25) is 5.91 Å². The van der Waals surface area contributed by atoms with E-state index in [1.807, 2.05) is 0 Å². The van der Waals surface area contributed by atoms with E-state index in [0.29, 0.717) is 26.1 Å². The van der Waals surface area contributed by atoms with Crippen molar-refractivity contribution in [3.05, 3.63) is 11.6 Å². The van der Waals surface area contributed by atoms with Gasteiger partial charge in [0.05, 0.1) is 32.3 Å². The van der Waals surface area contributed by atoms with E-state index < -0.39 is 35.9 Å². The molecular formula is C24H39N3O8. The van der Waals surface area contributed by atoms with Gasteiger partial charge in [-0.1, -0.05) is 11.6 Å². The average molecular weight is 498 g/mol. The number of alkyl carbamates (subject to hydrolysis) is 2. The Bertz CT molecular complexity index is 826. The van der Waals surface area contributed by atoms with Gasteiger partial charge < -0.3 is 29.0 Å². The molecule has 2 saturated heterocycles. The molecule has 1 aliphatic carbocycles. The molecule has 0 aromatic carbocycles. The molecule has 3 fully saturated rings. The maximum Gasteiger partial charge on any atom is 0.414 e. The largest absolute Gasteiger partial charge is 0.453 e. The van der Waals surface area contributed by atoms with E-state index in [0.717, 1.165) is 12.8 Å². The third kappa shape index (κ3) is 6.72. The van der Waals surface area contributed by atoms with E-state index >= 15 is 0 Å². The molecule has 3 amide bonds. The van der Waals surface area contributed by atoms with Gasteiger partial charge in [-0.2, -0.15) is 0 Å². The molecule has 2 heterocycles. The molecule has 1 saturated carbocycles. The standard InChI is InChI=1S/C24H39N3O8/c1-15(2)7-8-17-23(3,35-17)20-19(31-5)16(9-10-24(20)14-33-24)34-22(30)26-18(28)13-27(4)12-11-25-21(29)32-6/h7,16-17,19-20H,8-14H2,1-6H3,(H,25,29)(H,26,28,30)/t16?,17-,19?,20?,23+,24+/m1/s1. The topological polar surface area (TPSA) is 131 Å². The first-order valence-electron chi connectivity index (χ1n) is 12.0. The Morgan fingerprint density at radius 2 is 1.91 bits per heavy atom. The second-order valence-electron chi connectivity index (χ2n) is 10.0. The van der Waals surface area contributed by atoms with E-state index in [1.54, 1.807) is 19.1 Å². The van der Waals surface area contributed by atoms with Gasteiger partial charge in [-0.15, -0.1) is 0 Å². The van der Waals surface area contributed by atoms with E-state index in [2.05, 4.69) is 42.2 Å². The SMILES string of the molecule is COC(=O)NCCN(C)CC(=O)NC(=O)OC1CC[C@]2(CO2)C([C@@]2(C)O[C@@H]2CC=C(C)C)C1OC. The van der Waals surface area contributed by atoms with Crippen LogP contribution in [0, 0.1) is 5.92 Å². The summed E-state index contributed by atoms with van der Waals surface area (Å²) in [5.41, 5.74) is 0.487. The first kappa shape index (κ1) is 27.4. The van der Waals surface area contributed by atoms with Crippen molar-refractivity contribution < 1.29 is 38.1 Å². The molecule has 3 unspecified atom stereocenters. The van der Waals surface area contributed by atoms with Gasteiger partial charge >= 0.3 is 12.2 Å². The number of imide groups is 1. The maximum atomic E-state index is 12.5. The predicted molar refractivity (Wildman–Crippen MR) is 126 cm³/mol. The highest BCUT2D eigenvalue weighted by Crippen LogP contribution is 2.59. The molecule has 11 nitrogen and oxygen atoms in total. The van der Waals surface area contributed by atoms with Crippen molar-refractivity contribution in [2.24, 2.45) is 5.92 Å². The number of allylic oxidation sites excluding steroid dienone is 1. The summed E-state index contributed by atoms with van der Waals surface area (Å²) in [4.78, 5) is 37.6. The van der Waals surface area contributed by atoms with Crippen molar-refractivity contribution in [1.82, 2.24) is 15.5 Å². The van der Waals surface area contributed by atoms with Crippen LogP contribution in [0.1, 0.15) is 40.0 Å². The Balaban J connectivity index is 1.53. The number of rotatable bonds is 10. The molecule has 0 aromatic heterocycles. The molecule has 3 rings (SSSR count). The highest BCUT2D eigenvalue weighted by molar-refractivity contribution is 5.92. The van der Waals surface area contributed by atoms with Crippen LogP contribution in [0.5, 0.6) is 0 Å². The monoisotopic (exact) mass is 497 g/mol. The number of carbonyl (C=O) groups excluding carboxylic acids is 3. The van der Waals surface area contributed by atoms with Crippen LogP contribution in [-0.2, 0) is 28.5 Å². The van der Waals surface area contributed by atoms with Gasteiger partial charge in [0.1, 0.15) is 23.4 Å². The Labute approximate surface area is 206 Å². The summed E-state index contributed by atoms with van der Waals surface area (Å²) >= 11 is 0. The van der Waals surface area contributed by atoms with Gasteiger partial charge in [0, 0.05) is 20.2 Å². The van der Waals surface area contributed by atoms with E-state index in [9.17, 15) is 14.4 Å². The predicted octanol–water partition coefficient (Wildman–Crippen LogP) is 1.60. The lowest BCUT2D eigenvalue weighted by Crippen LogP contribution is -2.56. The summed E-state index contributed by atoms with van der Waals surface area (Å²) in [5, 5.41) is 4.81. The number of epoxide rings is 2. The molecule has 35 heavy (non-hydrogen) atoms. The molecule has 0 bridgehead atoms. The minimum atomic E-state index is -0.808. The van der Waals surface area contributed by atoms with Crippen LogP contribution in [0.25, 0.3) is 0 Å². The van der Waals surface area contributed by atoms with Crippen molar-refractivity contribution in [3.8, 4) is 0 Å². The maximum absolute atomic E-state index is 12.5. The van der Waals surface area contributed by atoms with Crippen molar-refractivity contribution in [2.75, 3.05) is 47.5 Å². The smallest absolute Gasteiger partial charge is 0.414 e. The quantitative estimate of drug-likeness (QED) is 0.341. The van der Waals surface area contributed by atoms with Gasteiger partial charge in [0.25, 0.3) is 0 Å². The number of nitrogens with zero attached hydrogens (tertiary/aromatic N) is 1. The molecule has 11 heteroatoms. The van der Waals surface area contributed by atoms with Gasteiger partial charge in [-0.25, -0.2) is 9.59 Å². The molecule has 3 aliphatic rings. The summed E-state index contributed by atoms with van der Waals surface area (Å²) in [7, 11) is 4.58. The third-order valence-electron chi connectivity index (χ3n) is 7.10. The lowest BCUT2D eigenvalue weighted by atomic mass is 9.68. The minimum absolute atomic E-state index is 0.0339. The first-order chi connectivity index (χ1) is 16.5. The molecule has 1 spiro atoms. The number of methoxy groups -OCH3 is 2. The molecule has 0 radical (unpaired) electrons. The summed E-state index contributed by atoms with van der Waals surface area (Å²) in [6.45, 7) is 7.51. The third-order valence-corrected chi connectivity index (χ3v) is 7.10. The summed E-state index contributed by atoms with van der Waals surface area (Å²) < 4.78 is 28.1. The first-order valence-corrected chi connectivity index (χ1v) is 12.0. The Hall–Kier alpha value is -2.21. The number of carbonyl (C=O) groups is 3. The highest BCUT2D eigenvalue weighted by atomic mass is 16.6. The minimum Gasteiger partial charge on any atom is -0.453 e. The Kier molecular flexibility index (Phi) is 8.79. The number of ether oxygens (including phenoxy) is 5. The van der Waals surface area contributed by atoms with Gasteiger partial charge in [-0.3, -0.25) is 15.0 Å².